The minimum atomic E-state index is -0.312. The molecule has 0 bridgehead atoms. The molecule has 106 valence electrons. The Morgan fingerprint density at radius 3 is 2.40 bits per heavy atom. The van der Waals surface area contributed by atoms with Gasteiger partial charge in [0, 0.05) is 12.6 Å². The quantitative estimate of drug-likeness (QED) is 0.901. The molecule has 20 heavy (non-hydrogen) atoms. The summed E-state index contributed by atoms with van der Waals surface area (Å²) in [5.41, 5.74) is 2.97. The van der Waals surface area contributed by atoms with Gasteiger partial charge in [0.2, 0.25) is 0 Å². The molecular weight excluding hydrogens is 257 g/mol. The summed E-state index contributed by atoms with van der Waals surface area (Å²) >= 11 is 0. The number of aryl methyl sites for hydroxylation is 1. The van der Waals surface area contributed by atoms with Gasteiger partial charge in [0.05, 0.1) is 19.9 Å². The van der Waals surface area contributed by atoms with Crippen LogP contribution in [0.2, 0.25) is 0 Å². The van der Waals surface area contributed by atoms with Crippen LogP contribution in [0.3, 0.4) is 0 Å². The predicted octanol–water partition coefficient (Wildman–Crippen LogP) is 3.76. The second-order valence-corrected chi connectivity index (χ2v) is 4.50. The van der Waals surface area contributed by atoms with Gasteiger partial charge in [0.1, 0.15) is 17.3 Å². The van der Waals surface area contributed by atoms with Crippen molar-refractivity contribution in [3.05, 3.63) is 53.3 Å². The van der Waals surface area contributed by atoms with Gasteiger partial charge in [0.25, 0.3) is 0 Å². The first-order valence-electron chi connectivity index (χ1n) is 6.35. The molecule has 0 spiro atoms. The van der Waals surface area contributed by atoms with Crippen molar-refractivity contribution in [2.75, 3.05) is 19.5 Å². The van der Waals surface area contributed by atoms with Gasteiger partial charge in [-0.15, -0.1) is 0 Å². The first-order valence-corrected chi connectivity index (χ1v) is 6.35. The van der Waals surface area contributed by atoms with E-state index in [0.29, 0.717) is 12.3 Å². The van der Waals surface area contributed by atoms with Gasteiger partial charge in [-0.1, -0.05) is 12.1 Å². The maximum absolute atomic E-state index is 13.1. The fraction of sp³-hybridized carbons (Fsp3) is 0.250. The van der Waals surface area contributed by atoms with Crippen LogP contribution in [-0.4, -0.2) is 14.2 Å². The third-order valence-corrected chi connectivity index (χ3v) is 3.11. The normalized spacial score (nSPS) is 10.2. The minimum absolute atomic E-state index is 0.312. The first-order chi connectivity index (χ1) is 9.63. The highest BCUT2D eigenvalue weighted by atomic mass is 19.1. The molecule has 2 aromatic carbocycles. The molecule has 1 N–H and O–H groups in total. The van der Waals surface area contributed by atoms with E-state index in [4.69, 9.17) is 9.47 Å². The van der Waals surface area contributed by atoms with E-state index in [-0.39, 0.29) is 5.82 Å². The number of rotatable bonds is 5. The molecule has 0 fully saturated rings. The molecule has 4 heteroatoms. The SMILES string of the molecule is COc1ccc(CNc2ccc(F)cc2OC)cc1C. The molecule has 0 radical (unpaired) electrons. The zero-order valence-electron chi connectivity index (χ0n) is 11.9. The first kappa shape index (κ1) is 14.2. The third kappa shape index (κ3) is 3.20. The number of ether oxygens (including phenoxy) is 2. The fourth-order valence-electron chi connectivity index (χ4n) is 2.06. The Bertz CT molecular complexity index is 599. The highest BCUT2D eigenvalue weighted by Crippen LogP contribution is 2.26. The number of halogens is 1. The van der Waals surface area contributed by atoms with Crippen molar-refractivity contribution >= 4 is 5.69 Å². The summed E-state index contributed by atoms with van der Waals surface area (Å²) in [5.74, 6) is 1.05. The number of anilines is 1. The lowest BCUT2D eigenvalue weighted by molar-refractivity contribution is 0.411. The third-order valence-electron chi connectivity index (χ3n) is 3.11. The van der Waals surface area contributed by atoms with Crippen molar-refractivity contribution in [3.8, 4) is 11.5 Å². The van der Waals surface area contributed by atoms with Crippen LogP contribution in [0.15, 0.2) is 36.4 Å². The van der Waals surface area contributed by atoms with Gasteiger partial charge in [-0.3, -0.25) is 0 Å². The largest absolute Gasteiger partial charge is 0.496 e. The van der Waals surface area contributed by atoms with E-state index >= 15 is 0 Å². The van der Waals surface area contributed by atoms with Crippen molar-refractivity contribution in [2.45, 2.75) is 13.5 Å². The average Bonchev–Trinajstić information content (AvgIpc) is 2.46. The Balaban J connectivity index is 2.10. The number of benzene rings is 2. The molecule has 0 aliphatic heterocycles. The second kappa shape index (κ2) is 6.28. The van der Waals surface area contributed by atoms with Crippen LogP contribution in [0.25, 0.3) is 0 Å². The van der Waals surface area contributed by atoms with Gasteiger partial charge in [-0.25, -0.2) is 4.39 Å². The fourth-order valence-corrected chi connectivity index (χ4v) is 2.06. The van der Waals surface area contributed by atoms with Crippen LogP contribution < -0.4 is 14.8 Å². The number of nitrogens with one attached hydrogen (secondary N) is 1. The smallest absolute Gasteiger partial charge is 0.144 e. The van der Waals surface area contributed by atoms with Crippen molar-refractivity contribution < 1.29 is 13.9 Å². The number of hydrogen-bond donors (Lipinski definition) is 1. The standard InChI is InChI=1S/C16H18FNO2/c1-11-8-12(4-7-15(11)19-2)10-18-14-6-5-13(17)9-16(14)20-3/h4-9,18H,10H2,1-3H3. The molecule has 0 saturated carbocycles. The maximum Gasteiger partial charge on any atom is 0.144 e. The Hall–Kier alpha value is -2.23. The monoisotopic (exact) mass is 275 g/mol. The topological polar surface area (TPSA) is 30.5 Å². The van der Waals surface area contributed by atoms with E-state index in [1.165, 1.54) is 19.2 Å². The molecule has 0 amide bonds. The highest BCUT2D eigenvalue weighted by Gasteiger charge is 2.05. The summed E-state index contributed by atoms with van der Waals surface area (Å²) in [4.78, 5) is 0. The van der Waals surface area contributed by atoms with Gasteiger partial charge in [-0.2, -0.15) is 0 Å². The Morgan fingerprint density at radius 1 is 1.00 bits per heavy atom. The van der Waals surface area contributed by atoms with E-state index in [2.05, 4.69) is 11.4 Å². The second-order valence-electron chi connectivity index (χ2n) is 4.50. The summed E-state index contributed by atoms with van der Waals surface area (Å²) in [5, 5.41) is 3.24. The summed E-state index contributed by atoms with van der Waals surface area (Å²) in [6.45, 7) is 2.63. The van der Waals surface area contributed by atoms with Crippen LogP contribution in [0.4, 0.5) is 10.1 Å². The minimum Gasteiger partial charge on any atom is -0.496 e. The van der Waals surface area contributed by atoms with Gasteiger partial charge in [-0.05, 0) is 36.2 Å². The molecule has 0 atom stereocenters. The summed E-state index contributed by atoms with van der Waals surface area (Å²) in [6, 6.07) is 10.4. The van der Waals surface area contributed by atoms with Crippen LogP contribution in [0, 0.1) is 12.7 Å². The van der Waals surface area contributed by atoms with Crippen LogP contribution in [0.1, 0.15) is 11.1 Å². The maximum atomic E-state index is 13.1. The predicted molar refractivity (Wildman–Crippen MR) is 78.0 cm³/mol. The number of methoxy groups -OCH3 is 2. The van der Waals surface area contributed by atoms with E-state index in [9.17, 15) is 4.39 Å². The molecule has 0 aliphatic rings. The van der Waals surface area contributed by atoms with Crippen LogP contribution in [-0.2, 0) is 6.54 Å². The van der Waals surface area contributed by atoms with Crippen LogP contribution in [0.5, 0.6) is 11.5 Å². The van der Waals surface area contributed by atoms with Crippen molar-refractivity contribution in [1.82, 2.24) is 0 Å². The van der Waals surface area contributed by atoms with Gasteiger partial charge < -0.3 is 14.8 Å². The zero-order chi connectivity index (χ0) is 14.5. The summed E-state index contributed by atoms with van der Waals surface area (Å²) in [6.07, 6.45) is 0. The molecule has 0 aromatic heterocycles. The molecule has 2 rings (SSSR count). The Kier molecular flexibility index (Phi) is 4.45. The van der Waals surface area contributed by atoms with E-state index in [0.717, 1.165) is 22.6 Å². The van der Waals surface area contributed by atoms with Crippen molar-refractivity contribution in [2.24, 2.45) is 0 Å². The van der Waals surface area contributed by atoms with Gasteiger partial charge >= 0.3 is 0 Å². The molecular formula is C16H18FNO2. The lowest BCUT2D eigenvalue weighted by atomic mass is 10.1. The molecule has 3 nitrogen and oxygen atoms in total. The molecule has 2 aromatic rings. The highest BCUT2D eigenvalue weighted by molar-refractivity contribution is 5.56. The summed E-state index contributed by atoms with van der Waals surface area (Å²) < 4.78 is 23.5. The summed E-state index contributed by atoms with van der Waals surface area (Å²) in [7, 11) is 3.18. The molecule has 0 saturated heterocycles. The number of hydrogen-bond acceptors (Lipinski definition) is 3. The average molecular weight is 275 g/mol. The lowest BCUT2D eigenvalue weighted by Gasteiger charge is -2.12. The van der Waals surface area contributed by atoms with Crippen molar-refractivity contribution in [3.63, 3.8) is 0 Å². The molecule has 0 unspecified atom stereocenters. The Morgan fingerprint density at radius 2 is 1.75 bits per heavy atom. The Labute approximate surface area is 118 Å². The van der Waals surface area contributed by atoms with Crippen LogP contribution >= 0.6 is 0 Å². The van der Waals surface area contributed by atoms with E-state index in [1.54, 1.807) is 13.2 Å². The zero-order valence-corrected chi connectivity index (χ0v) is 11.9. The van der Waals surface area contributed by atoms with Crippen molar-refractivity contribution in [1.29, 1.82) is 0 Å². The van der Waals surface area contributed by atoms with E-state index in [1.807, 2.05) is 19.1 Å². The molecule has 0 heterocycles. The lowest BCUT2D eigenvalue weighted by Crippen LogP contribution is -2.02. The van der Waals surface area contributed by atoms with Gasteiger partial charge in [0.15, 0.2) is 0 Å². The van der Waals surface area contributed by atoms with E-state index < -0.39 is 0 Å². The molecule has 0 aliphatic carbocycles.